The van der Waals surface area contributed by atoms with Gasteiger partial charge in [0, 0.05) is 13.1 Å². The van der Waals surface area contributed by atoms with Crippen LogP contribution in [0.4, 0.5) is 0 Å². The Morgan fingerprint density at radius 3 is 2.62 bits per heavy atom. The molecule has 0 bridgehead atoms. The molecule has 1 nitrogen and oxygen atoms in total. The normalized spacial score (nSPS) is 37.2. The van der Waals surface area contributed by atoms with Crippen LogP contribution in [0, 0.1) is 11.3 Å². The third kappa shape index (κ3) is 2.68. The molecule has 2 fully saturated rings. The molecule has 92 valence electrons. The molecule has 0 atom stereocenters. The number of hydrogen-bond donors (Lipinski definition) is 0. The molecule has 0 aromatic rings. The molecule has 1 aliphatic carbocycles. The number of rotatable bonds is 2. The van der Waals surface area contributed by atoms with Gasteiger partial charge < -0.3 is 0 Å². The summed E-state index contributed by atoms with van der Waals surface area (Å²) in [6, 6.07) is 0. The Balaban J connectivity index is 1.87. The van der Waals surface area contributed by atoms with Crippen molar-refractivity contribution in [1.82, 2.24) is 4.90 Å². The van der Waals surface area contributed by atoms with Crippen molar-refractivity contribution in [2.24, 2.45) is 11.3 Å². The van der Waals surface area contributed by atoms with Gasteiger partial charge in [-0.3, -0.25) is 4.90 Å². The molecule has 2 aliphatic rings. The summed E-state index contributed by atoms with van der Waals surface area (Å²) in [5.41, 5.74) is 2.24. The molecule has 1 aliphatic heterocycles. The number of allylic oxidation sites excluding steroid dienone is 1. The molecular formula is C15H27N. The van der Waals surface area contributed by atoms with Crippen LogP contribution >= 0.6 is 0 Å². The van der Waals surface area contributed by atoms with Gasteiger partial charge in [-0.05, 0) is 51.0 Å². The van der Waals surface area contributed by atoms with Crippen LogP contribution in [-0.4, -0.2) is 24.5 Å². The first-order chi connectivity index (χ1) is 7.63. The van der Waals surface area contributed by atoms with E-state index in [9.17, 15) is 0 Å². The molecule has 0 N–H and O–H groups in total. The highest BCUT2D eigenvalue weighted by Crippen LogP contribution is 2.45. The minimum absolute atomic E-state index is 0.709. The van der Waals surface area contributed by atoms with Gasteiger partial charge in [0.05, 0.1) is 0 Å². The summed E-state index contributed by atoms with van der Waals surface area (Å²) < 4.78 is 0. The van der Waals surface area contributed by atoms with Crippen LogP contribution < -0.4 is 0 Å². The Morgan fingerprint density at radius 1 is 1.31 bits per heavy atom. The molecule has 0 aromatic heterocycles. The van der Waals surface area contributed by atoms with Crippen molar-refractivity contribution >= 4 is 0 Å². The Hall–Kier alpha value is -0.300. The maximum atomic E-state index is 2.67. The Bertz CT molecular complexity index is 259. The molecule has 0 amide bonds. The lowest BCUT2D eigenvalue weighted by Crippen LogP contribution is -2.31. The van der Waals surface area contributed by atoms with Gasteiger partial charge in [-0.25, -0.2) is 0 Å². The zero-order chi connectivity index (χ0) is 11.6. The molecule has 1 heterocycles. The van der Waals surface area contributed by atoms with E-state index in [1.807, 2.05) is 0 Å². The Labute approximate surface area is 101 Å². The molecule has 1 saturated carbocycles. The fourth-order valence-corrected chi connectivity index (χ4v) is 3.39. The van der Waals surface area contributed by atoms with Gasteiger partial charge in [-0.1, -0.05) is 31.4 Å². The fraction of sp³-hybridized carbons (Fsp3) is 0.867. The largest absolute Gasteiger partial charge is 0.299 e. The van der Waals surface area contributed by atoms with Gasteiger partial charge in [0.25, 0.3) is 0 Å². The topological polar surface area (TPSA) is 3.24 Å². The van der Waals surface area contributed by atoms with Gasteiger partial charge in [0.2, 0.25) is 0 Å². The molecule has 2 rings (SSSR count). The predicted molar refractivity (Wildman–Crippen MR) is 70.6 cm³/mol. The minimum atomic E-state index is 0.709. The molecule has 1 saturated heterocycles. The van der Waals surface area contributed by atoms with Crippen molar-refractivity contribution in [3.05, 3.63) is 11.6 Å². The van der Waals surface area contributed by atoms with Gasteiger partial charge in [0.1, 0.15) is 0 Å². The molecular weight excluding hydrogens is 194 g/mol. The first-order valence-electron chi connectivity index (χ1n) is 6.98. The summed E-state index contributed by atoms with van der Waals surface area (Å²) in [6.45, 7) is 10.7. The van der Waals surface area contributed by atoms with Gasteiger partial charge in [0.15, 0.2) is 0 Å². The summed E-state index contributed by atoms with van der Waals surface area (Å²) in [5.74, 6) is 0.983. The van der Waals surface area contributed by atoms with E-state index < -0.39 is 0 Å². The van der Waals surface area contributed by atoms with Crippen molar-refractivity contribution in [3.8, 4) is 0 Å². The number of hydrogen-bond acceptors (Lipinski definition) is 1. The fourth-order valence-electron chi connectivity index (χ4n) is 3.39. The third-order valence-corrected chi connectivity index (χ3v) is 4.82. The van der Waals surface area contributed by atoms with Crippen molar-refractivity contribution in [2.75, 3.05) is 19.6 Å². The van der Waals surface area contributed by atoms with E-state index in [4.69, 9.17) is 0 Å². The minimum Gasteiger partial charge on any atom is -0.299 e. The summed E-state index contributed by atoms with van der Waals surface area (Å²) in [4.78, 5) is 2.67. The maximum Gasteiger partial charge on any atom is 0.0190 e. The van der Waals surface area contributed by atoms with E-state index in [2.05, 4.69) is 31.7 Å². The molecule has 0 aromatic carbocycles. The second kappa shape index (κ2) is 4.91. The van der Waals surface area contributed by atoms with Gasteiger partial charge in [-0.2, -0.15) is 0 Å². The molecule has 16 heavy (non-hydrogen) atoms. The smallest absolute Gasteiger partial charge is 0.0190 e. The van der Waals surface area contributed by atoms with E-state index in [1.165, 1.54) is 57.3 Å². The Morgan fingerprint density at radius 2 is 2.00 bits per heavy atom. The summed E-state index contributed by atoms with van der Waals surface area (Å²) in [7, 11) is 0. The number of likely N-dealkylation sites (tertiary alicyclic amines) is 1. The van der Waals surface area contributed by atoms with E-state index in [-0.39, 0.29) is 0 Å². The van der Waals surface area contributed by atoms with Crippen LogP contribution in [-0.2, 0) is 0 Å². The van der Waals surface area contributed by atoms with E-state index in [1.54, 1.807) is 0 Å². The van der Waals surface area contributed by atoms with Crippen LogP contribution in [0.3, 0.4) is 0 Å². The first kappa shape index (κ1) is 12.2. The average molecular weight is 221 g/mol. The van der Waals surface area contributed by atoms with E-state index >= 15 is 0 Å². The standard InChI is InChI=1S/C15H27N/c1-4-13(2)11-16-10-9-15(12-16)7-5-14(3)6-8-15/h4,14H,5-12H2,1-3H3/b13-4+. The molecule has 0 unspecified atom stereocenters. The second-order valence-corrected chi connectivity index (χ2v) is 6.28. The zero-order valence-electron chi connectivity index (χ0n) is 11.3. The molecule has 1 spiro atoms. The monoisotopic (exact) mass is 221 g/mol. The number of nitrogens with zero attached hydrogens (tertiary/aromatic N) is 1. The quantitative estimate of drug-likeness (QED) is 0.640. The second-order valence-electron chi connectivity index (χ2n) is 6.28. The summed E-state index contributed by atoms with van der Waals surface area (Å²) in [6.07, 6.45) is 9.62. The van der Waals surface area contributed by atoms with Gasteiger partial charge in [-0.15, -0.1) is 0 Å². The highest BCUT2D eigenvalue weighted by molar-refractivity contribution is 5.02. The average Bonchev–Trinajstić information content (AvgIpc) is 2.66. The molecule has 1 heteroatoms. The zero-order valence-corrected chi connectivity index (χ0v) is 11.3. The highest BCUT2D eigenvalue weighted by atomic mass is 15.2. The van der Waals surface area contributed by atoms with Crippen LogP contribution in [0.5, 0.6) is 0 Å². The van der Waals surface area contributed by atoms with Crippen molar-refractivity contribution < 1.29 is 0 Å². The Kier molecular flexibility index (Phi) is 3.73. The van der Waals surface area contributed by atoms with E-state index in [0.29, 0.717) is 5.41 Å². The lowest BCUT2D eigenvalue weighted by molar-refractivity contribution is 0.159. The third-order valence-electron chi connectivity index (χ3n) is 4.82. The van der Waals surface area contributed by atoms with Gasteiger partial charge >= 0.3 is 0 Å². The lowest BCUT2D eigenvalue weighted by Gasteiger charge is -2.36. The van der Waals surface area contributed by atoms with Crippen LogP contribution in [0.1, 0.15) is 52.9 Å². The van der Waals surface area contributed by atoms with Crippen molar-refractivity contribution in [3.63, 3.8) is 0 Å². The van der Waals surface area contributed by atoms with Crippen LogP contribution in [0.25, 0.3) is 0 Å². The highest BCUT2D eigenvalue weighted by Gasteiger charge is 2.39. The predicted octanol–water partition coefficient (Wildman–Crippen LogP) is 3.85. The van der Waals surface area contributed by atoms with Crippen LogP contribution in [0.15, 0.2) is 11.6 Å². The van der Waals surface area contributed by atoms with Crippen LogP contribution in [0.2, 0.25) is 0 Å². The lowest BCUT2D eigenvalue weighted by atomic mass is 9.70. The molecule has 0 radical (unpaired) electrons. The van der Waals surface area contributed by atoms with Crippen molar-refractivity contribution in [2.45, 2.75) is 52.9 Å². The summed E-state index contributed by atoms with van der Waals surface area (Å²) in [5, 5.41) is 0. The van der Waals surface area contributed by atoms with E-state index in [0.717, 1.165) is 5.92 Å². The maximum absolute atomic E-state index is 2.67. The van der Waals surface area contributed by atoms with Crippen molar-refractivity contribution in [1.29, 1.82) is 0 Å². The SMILES string of the molecule is C/C=C(\C)CN1CCC2(CCC(C)CC2)C1. The summed E-state index contributed by atoms with van der Waals surface area (Å²) >= 11 is 0. The first-order valence-corrected chi connectivity index (χ1v) is 6.98.